The van der Waals surface area contributed by atoms with Gasteiger partial charge in [-0.05, 0) is 36.8 Å². The number of furan rings is 1. The topological polar surface area (TPSA) is 72.4 Å². The number of benzene rings is 2. The van der Waals surface area contributed by atoms with Crippen LogP contribution in [0, 0.1) is 0 Å². The zero-order valence-corrected chi connectivity index (χ0v) is 17.1. The van der Waals surface area contributed by atoms with Crippen LogP contribution in [0.1, 0.15) is 35.0 Å². The Bertz CT molecular complexity index is 1110. The quantitative estimate of drug-likeness (QED) is 0.398. The maximum Gasteiger partial charge on any atom is 0.290 e. The second-order valence-corrected chi connectivity index (χ2v) is 7.27. The standard InChI is InChI=1S/C23H20ClN3O3/c1-16(17-7-3-2-4-8-17)27(23(28)20-11-6-14-29-20)13-12-21-25-22(26-30-21)18-9-5-10-19(24)15-18/h2-11,14-16H,12-13H2,1H3. The summed E-state index contributed by atoms with van der Waals surface area (Å²) in [7, 11) is 0. The highest BCUT2D eigenvalue weighted by molar-refractivity contribution is 6.30. The maximum atomic E-state index is 13.1. The Kier molecular flexibility index (Phi) is 5.95. The number of carbonyl (C=O) groups excluding carboxylic acids is 1. The van der Waals surface area contributed by atoms with Crippen molar-refractivity contribution in [2.45, 2.75) is 19.4 Å². The summed E-state index contributed by atoms with van der Waals surface area (Å²) in [4.78, 5) is 19.3. The summed E-state index contributed by atoms with van der Waals surface area (Å²) in [5.41, 5.74) is 1.81. The summed E-state index contributed by atoms with van der Waals surface area (Å²) < 4.78 is 10.7. The van der Waals surface area contributed by atoms with Crippen molar-refractivity contribution in [2.75, 3.05) is 6.54 Å². The van der Waals surface area contributed by atoms with Gasteiger partial charge in [0.25, 0.3) is 5.91 Å². The number of rotatable bonds is 7. The number of halogens is 1. The van der Waals surface area contributed by atoms with Crippen LogP contribution in [0.5, 0.6) is 0 Å². The third-order valence-electron chi connectivity index (χ3n) is 4.86. The van der Waals surface area contributed by atoms with E-state index >= 15 is 0 Å². The molecule has 0 fully saturated rings. The van der Waals surface area contributed by atoms with E-state index in [9.17, 15) is 4.79 Å². The van der Waals surface area contributed by atoms with E-state index in [2.05, 4.69) is 10.1 Å². The molecule has 30 heavy (non-hydrogen) atoms. The Morgan fingerprint density at radius 1 is 1.10 bits per heavy atom. The van der Waals surface area contributed by atoms with Crippen molar-refractivity contribution in [1.82, 2.24) is 15.0 Å². The fourth-order valence-corrected chi connectivity index (χ4v) is 3.43. The van der Waals surface area contributed by atoms with Gasteiger partial charge in [0.2, 0.25) is 11.7 Å². The van der Waals surface area contributed by atoms with Crippen molar-refractivity contribution in [2.24, 2.45) is 0 Å². The summed E-state index contributed by atoms with van der Waals surface area (Å²) >= 11 is 6.04. The van der Waals surface area contributed by atoms with Gasteiger partial charge in [-0.25, -0.2) is 0 Å². The van der Waals surface area contributed by atoms with Crippen LogP contribution in [0.4, 0.5) is 0 Å². The molecule has 152 valence electrons. The van der Waals surface area contributed by atoms with Crippen LogP contribution in [0.3, 0.4) is 0 Å². The first-order chi connectivity index (χ1) is 14.6. The molecule has 0 aliphatic rings. The van der Waals surface area contributed by atoms with Gasteiger partial charge in [-0.2, -0.15) is 4.98 Å². The lowest BCUT2D eigenvalue weighted by Gasteiger charge is -2.28. The molecular weight excluding hydrogens is 402 g/mol. The minimum absolute atomic E-state index is 0.154. The predicted octanol–water partition coefficient (Wildman–Crippen LogP) is 5.43. The van der Waals surface area contributed by atoms with E-state index in [-0.39, 0.29) is 11.9 Å². The fraction of sp³-hybridized carbons (Fsp3) is 0.174. The molecule has 0 saturated carbocycles. The Labute approximate surface area is 179 Å². The molecule has 0 aliphatic heterocycles. The number of amides is 1. The molecule has 0 saturated heterocycles. The van der Waals surface area contributed by atoms with Gasteiger partial charge in [-0.3, -0.25) is 4.79 Å². The molecule has 1 unspecified atom stereocenters. The van der Waals surface area contributed by atoms with Gasteiger partial charge in [0.1, 0.15) is 0 Å². The lowest BCUT2D eigenvalue weighted by Crippen LogP contribution is -2.35. The molecule has 0 radical (unpaired) electrons. The first-order valence-electron chi connectivity index (χ1n) is 9.60. The monoisotopic (exact) mass is 421 g/mol. The minimum Gasteiger partial charge on any atom is -0.459 e. The Morgan fingerprint density at radius 2 is 1.93 bits per heavy atom. The number of hydrogen-bond donors (Lipinski definition) is 0. The highest BCUT2D eigenvalue weighted by Gasteiger charge is 2.25. The summed E-state index contributed by atoms with van der Waals surface area (Å²) in [5.74, 6) is 1.02. The molecule has 7 heteroatoms. The van der Waals surface area contributed by atoms with Gasteiger partial charge >= 0.3 is 0 Å². The van der Waals surface area contributed by atoms with Crippen molar-refractivity contribution in [3.8, 4) is 11.4 Å². The lowest BCUT2D eigenvalue weighted by atomic mass is 10.1. The lowest BCUT2D eigenvalue weighted by molar-refractivity contribution is 0.0656. The summed E-state index contributed by atoms with van der Waals surface area (Å²) in [6.07, 6.45) is 1.91. The van der Waals surface area contributed by atoms with E-state index in [4.69, 9.17) is 20.5 Å². The second-order valence-electron chi connectivity index (χ2n) is 6.83. The molecule has 0 spiro atoms. The molecule has 4 rings (SSSR count). The van der Waals surface area contributed by atoms with Crippen LogP contribution in [0.25, 0.3) is 11.4 Å². The smallest absolute Gasteiger partial charge is 0.290 e. The van der Waals surface area contributed by atoms with Gasteiger partial charge in [-0.1, -0.05) is 59.2 Å². The van der Waals surface area contributed by atoms with Crippen LogP contribution in [-0.4, -0.2) is 27.5 Å². The average molecular weight is 422 g/mol. The van der Waals surface area contributed by atoms with Crippen LogP contribution < -0.4 is 0 Å². The van der Waals surface area contributed by atoms with E-state index in [1.54, 1.807) is 29.2 Å². The van der Waals surface area contributed by atoms with Crippen molar-refractivity contribution in [3.63, 3.8) is 0 Å². The zero-order chi connectivity index (χ0) is 20.9. The van der Waals surface area contributed by atoms with Crippen LogP contribution in [-0.2, 0) is 6.42 Å². The van der Waals surface area contributed by atoms with E-state index in [0.29, 0.717) is 35.5 Å². The molecular formula is C23H20ClN3O3. The fourth-order valence-electron chi connectivity index (χ4n) is 3.24. The molecule has 0 N–H and O–H groups in total. The summed E-state index contributed by atoms with van der Waals surface area (Å²) in [5, 5.41) is 4.64. The van der Waals surface area contributed by atoms with E-state index in [1.807, 2.05) is 49.4 Å². The highest BCUT2D eigenvalue weighted by atomic mass is 35.5. The van der Waals surface area contributed by atoms with E-state index in [0.717, 1.165) is 11.1 Å². The van der Waals surface area contributed by atoms with E-state index < -0.39 is 0 Å². The third kappa shape index (κ3) is 4.44. The Balaban J connectivity index is 1.53. The zero-order valence-electron chi connectivity index (χ0n) is 16.4. The van der Waals surface area contributed by atoms with Crippen molar-refractivity contribution in [1.29, 1.82) is 0 Å². The minimum atomic E-state index is -0.189. The van der Waals surface area contributed by atoms with Crippen LogP contribution >= 0.6 is 11.6 Å². The van der Waals surface area contributed by atoms with Gasteiger partial charge in [0, 0.05) is 23.6 Å². The van der Waals surface area contributed by atoms with Crippen molar-refractivity contribution < 1.29 is 13.7 Å². The number of carbonyl (C=O) groups is 1. The largest absolute Gasteiger partial charge is 0.459 e. The van der Waals surface area contributed by atoms with Crippen LogP contribution in [0.15, 0.2) is 81.9 Å². The van der Waals surface area contributed by atoms with Gasteiger partial charge in [0.05, 0.1) is 12.3 Å². The van der Waals surface area contributed by atoms with Crippen molar-refractivity contribution >= 4 is 17.5 Å². The summed E-state index contributed by atoms with van der Waals surface area (Å²) in [6.45, 7) is 2.38. The Morgan fingerprint density at radius 3 is 2.67 bits per heavy atom. The highest BCUT2D eigenvalue weighted by Crippen LogP contribution is 2.24. The normalized spacial score (nSPS) is 11.9. The number of hydrogen-bond acceptors (Lipinski definition) is 5. The molecule has 2 heterocycles. The van der Waals surface area contributed by atoms with Crippen molar-refractivity contribution in [3.05, 3.63) is 95.2 Å². The Hall–Kier alpha value is -3.38. The predicted molar refractivity (Wildman–Crippen MR) is 113 cm³/mol. The number of nitrogens with zero attached hydrogens (tertiary/aromatic N) is 3. The molecule has 4 aromatic rings. The number of aromatic nitrogens is 2. The van der Waals surface area contributed by atoms with Gasteiger partial charge < -0.3 is 13.8 Å². The molecule has 2 aromatic heterocycles. The molecule has 0 aliphatic carbocycles. The molecule has 0 bridgehead atoms. The molecule has 6 nitrogen and oxygen atoms in total. The first-order valence-corrected chi connectivity index (χ1v) is 9.97. The first kappa shape index (κ1) is 19.9. The van der Waals surface area contributed by atoms with E-state index in [1.165, 1.54) is 6.26 Å². The summed E-state index contributed by atoms with van der Waals surface area (Å²) in [6, 6.07) is 20.3. The maximum absolute atomic E-state index is 13.1. The molecule has 1 atom stereocenters. The average Bonchev–Trinajstić information content (AvgIpc) is 3.47. The van der Waals surface area contributed by atoms with Gasteiger partial charge in [0.15, 0.2) is 5.76 Å². The molecule has 2 aromatic carbocycles. The molecule has 1 amide bonds. The SMILES string of the molecule is CC(c1ccccc1)N(CCc1nc(-c2cccc(Cl)c2)no1)C(=O)c1ccco1. The van der Waals surface area contributed by atoms with Crippen LogP contribution in [0.2, 0.25) is 5.02 Å². The van der Waals surface area contributed by atoms with Gasteiger partial charge in [-0.15, -0.1) is 0 Å². The third-order valence-corrected chi connectivity index (χ3v) is 5.09. The second kappa shape index (κ2) is 8.97.